The number of phenolic OH excluding ortho intramolecular Hbond substituents is 1. The van der Waals surface area contributed by atoms with E-state index in [0.717, 1.165) is 11.3 Å². The van der Waals surface area contributed by atoms with Crippen LogP contribution in [0, 0.1) is 0 Å². The number of benzene rings is 2. The number of aromatic hydroxyl groups is 1. The maximum Gasteiger partial charge on any atom is 0.240 e. The van der Waals surface area contributed by atoms with Crippen LogP contribution >= 0.6 is 0 Å². The molecule has 112 valence electrons. The van der Waals surface area contributed by atoms with Crippen molar-refractivity contribution in [3.63, 3.8) is 0 Å². The minimum Gasteiger partial charge on any atom is -0.508 e. The minimum atomic E-state index is -3.62. The smallest absolute Gasteiger partial charge is 0.240 e. The predicted octanol–water partition coefficient (Wildman–Crippen LogP) is 1.92. The van der Waals surface area contributed by atoms with Crippen LogP contribution in [0.4, 0.5) is 0 Å². The van der Waals surface area contributed by atoms with Crippen molar-refractivity contribution in [2.24, 2.45) is 0 Å². The molecule has 0 bridgehead atoms. The number of hydrogen-bond donors (Lipinski definition) is 2. The lowest BCUT2D eigenvalue weighted by atomic mass is 10.1. The summed E-state index contributed by atoms with van der Waals surface area (Å²) in [5.74, 6) is 0.650. The average molecular weight is 307 g/mol. The number of hydrogen-bond acceptors (Lipinski definition) is 4. The van der Waals surface area contributed by atoms with Crippen LogP contribution in [0.2, 0.25) is 0 Å². The number of sulfonamides is 1. The maximum absolute atomic E-state index is 12.1. The summed E-state index contributed by atoms with van der Waals surface area (Å²) in [6, 6.07) is 13.0. The first-order valence-corrected chi connectivity index (χ1v) is 7.92. The van der Waals surface area contributed by atoms with Crippen molar-refractivity contribution in [1.29, 1.82) is 0 Å². The Hall–Kier alpha value is -2.05. The zero-order valence-electron chi connectivity index (χ0n) is 11.6. The van der Waals surface area contributed by atoms with E-state index in [9.17, 15) is 13.5 Å². The first-order chi connectivity index (χ1) is 10.0. The van der Waals surface area contributed by atoms with E-state index in [1.807, 2.05) is 24.3 Å². The number of methoxy groups -OCH3 is 1. The van der Waals surface area contributed by atoms with Gasteiger partial charge in [-0.3, -0.25) is 0 Å². The van der Waals surface area contributed by atoms with Crippen molar-refractivity contribution in [3.8, 4) is 11.5 Å². The molecule has 6 heteroatoms. The van der Waals surface area contributed by atoms with E-state index in [2.05, 4.69) is 4.72 Å². The highest BCUT2D eigenvalue weighted by molar-refractivity contribution is 7.89. The summed E-state index contributed by atoms with van der Waals surface area (Å²) in [5.41, 5.74) is 0.929. The third kappa shape index (κ3) is 3.96. The molecule has 2 aromatic carbocycles. The topological polar surface area (TPSA) is 75.6 Å². The van der Waals surface area contributed by atoms with E-state index in [1.54, 1.807) is 7.11 Å². The van der Waals surface area contributed by atoms with Crippen LogP contribution in [0.15, 0.2) is 53.4 Å². The molecule has 0 atom stereocenters. The van der Waals surface area contributed by atoms with Gasteiger partial charge in [0, 0.05) is 6.54 Å². The van der Waals surface area contributed by atoms with E-state index < -0.39 is 10.0 Å². The van der Waals surface area contributed by atoms with Gasteiger partial charge in [0.15, 0.2) is 0 Å². The van der Waals surface area contributed by atoms with Gasteiger partial charge in [0.2, 0.25) is 10.0 Å². The second kappa shape index (κ2) is 6.60. The van der Waals surface area contributed by atoms with Crippen molar-refractivity contribution < 1.29 is 18.3 Å². The van der Waals surface area contributed by atoms with Crippen molar-refractivity contribution >= 4 is 10.0 Å². The van der Waals surface area contributed by atoms with Crippen molar-refractivity contribution in [1.82, 2.24) is 4.72 Å². The SMILES string of the molecule is COc1ccccc1CCNS(=O)(=O)c1cccc(O)c1. The molecule has 0 aliphatic heterocycles. The fourth-order valence-corrected chi connectivity index (χ4v) is 3.03. The van der Waals surface area contributed by atoms with Gasteiger partial charge in [0.1, 0.15) is 11.5 Å². The summed E-state index contributed by atoms with van der Waals surface area (Å²) in [6.45, 7) is 0.248. The molecule has 0 saturated heterocycles. The van der Waals surface area contributed by atoms with Crippen LogP contribution < -0.4 is 9.46 Å². The highest BCUT2D eigenvalue weighted by Crippen LogP contribution is 2.18. The van der Waals surface area contributed by atoms with Crippen LogP contribution in [0.5, 0.6) is 11.5 Å². The molecule has 5 nitrogen and oxygen atoms in total. The molecular weight excluding hydrogens is 290 g/mol. The lowest BCUT2D eigenvalue weighted by Crippen LogP contribution is -2.26. The highest BCUT2D eigenvalue weighted by Gasteiger charge is 2.14. The van der Waals surface area contributed by atoms with Gasteiger partial charge in [-0.25, -0.2) is 13.1 Å². The molecule has 2 N–H and O–H groups in total. The maximum atomic E-state index is 12.1. The van der Waals surface area contributed by atoms with E-state index >= 15 is 0 Å². The molecular formula is C15H17NO4S. The average Bonchev–Trinajstić information content (AvgIpc) is 2.47. The fourth-order valence-electron chi connectivity index (χ4n) is 1.96. The first-order valence-electron chi connectivity index (χ1n) is 6.43. The van der Waals surface area contributed by atoms with Gasteiger partial charge in [-0.15, -0.1) is 0 Å². The standard InChI is InChI=1S/C15H17NO4S/c1-20-15-8-3-2-5-12(15)9-10-16-21(18,19)14-7-4-6-13(17)11-14/h2-8,11,16-17H,9-10H2,1H3. The van der Waals surface area contributed by atoms with Gasteiger partial charge < -0.3 is 9.84 Å². The summed E-state index contributed by atoms with van der Waals surface area (Å²) in [6.07, 6.45) is 0.516. The Morgan fingerprint density at radius 2 is 1.90 bits per heavy atom. The third-order valence-electron chi connectivity index (χ3n) is 3.01. The molecule has 2 aromatic rings. The molecule has 0 aliphatic rings. The zero-order chi connectivity index (χ0) is 15.3. The highest BCUT2D eigenvalue weighted by atomic mass is 32.2. The molecule has 2 rings (SSSR count). The Bertz CT molecular complexity index is 713. The Labute approximate surface area is 124 Å². The lowest BCUT2D eigenvalue weighted by molar-refractivity contribution is 0.409. The molecule has 0 saturated carbocycles. The summed E-state index contributed by atoms with van der Waals surface area (Å²) >= 11 is 0. The third-order valence-corrected chi connectivity index (χ3v) is 4.47. The molecule has 21 heavy (non-hydrogen) atoms. The van der Waals surface area contributed by atoms with Crippen LogP contribution in [0.1, 0.15) is 5.56 Å². The lowest BCUT2D eigenvalue weighted by Gasteiger charge is -2.09. The van der Waals surface area contributed by atoms with Crippen LogP contribution in [-0.2, 0) is 16.4 Å². The van der Waals surface area contributed by atoms with Crippen molar-refractivity contribution in [2.75, 3.05) is 13.7 Å². The van der Waals surface area contributed by atoms with Crippen LogP contribution in [0.3, 0.4) is 0 Å². The largest absolute Gasteiger partial charge is 0.508 e. The fraction of sp³-hybridized carbons (Fsp3) is 0.200. The normalized spacial score (nSPS) is 11.3. The minimum absolute atomic E-state index is 0.0440. The molecule has 0 spiro atoms. The molecule has 0 amide bonds. The van der Waals surface area contributed by atoms with Gasteiger partial charge in [-0.1, -0.05) is 24.3 Å². The van der Waals surface area contributed by atoms with Gasteiger partial charge in [0.25, 0.3) is 0 Å². The van der Waals surface area contributed by atoms with Gasteiger partial charge in [0.05, 0.1) is 12.0 Å². The van der Waals surface area contributed by atoms with Crippen LogP contribution in [-0.4, -0.2) is 27.2 Å². The van der Waals surface area contributed by atoms with Crippen molar-refractivity contribution in [3.05, 3.63) is 54.1 Å². The Morgan fingerprint density at radius 3 is 2.62 bits per heavy atom. The van der Waals surface area contributed by atoms with Gasteiger partial charge in [-0.2, -0.15) is 0 Å². The summed E-state index contributed by atoms with van der Waals surface area (Å²) in [5, 5.41) is 9.34. The zero-order valence-corrected chi connectivity index (χ0v) is 12.4. The second-order valence-electron chi connectivity index (χ2n) is 4.46. The van der Waals surface area contributed by atoms with Gasteiger partial charge >= 0.3 is 0 Å². The molecule has 0 unspecified atom stereocenters. The number of ether oxygens (including phenoxy) is 1. The summed E-state index contributed by atoms with van der Waals surface area (Å²) in [4.78, 5) is 0.0440. The number of rotatable bonds is 6. The summed E-state index contributed by atoms with van der Waals surface area (Å²) in [7, 11) is -2.04. The molecule has 0 aliphatic carbocycles. The Kier molecular flexibility index (Phi) is 4.82. The predicted molar refractivity (Wildman–Crippen MR) is 80.0 cm³/mol. The number of para-hydroxylation sites is 1. The summed E-state index contributed by atoms with van der Waals surface area (Å²) < 4.78 is 31.9. The second-order valence-corrected chi connectivity index (χ2v) is 6.22. The molecule has 0 fully saturated rings. The van der Waals surface area contributed by atoms with Crippen LogP contribution in [0.25, 0.3) is 0 Å². The monoisotopic (exact) mass is 307 g/mol. The quantitative estimate of drug-likeness (QED) is 0.855. The van der Waals surface area contributed by atoms with E-state index in [4.69, 9.17) is 4.74 Å². The van der Waals surface area contributed by atoms with E-state index in [-0.39, 0.29) is 17.2 Å². The van der Waals surface area contributed by atoms with E-state index in [0.29, 0.717) is 6.42 Å². The Balaban J connectivity index is 2.03. The Morgan fingerprint density at radius 1 is 1.14 bits per heavy atom. The first kappa shape index (κ1) is 15.3. The molecule has 0 heterocycles. The molecule has 0 aromatic heterocycles. The number of phenols is 1. The number of nitrogens with one attached hydrogen (secondary N) is 1. The van der Waals surface area contributed by atoms with E-state index in [1.165, 1.54) is 24.3 Å². The van der Waals surface area contributed by atoms with Gasteiger partial charge in [-0.05, 0) is 36.2 Å². The molecule has 0 radical (unpaired) electrons. The van der Waals surface area contributed by atoms with Crippen molar-refractivity contribution in [2.45, 2.75) is 11.3 Å².